The van der Waals surface area contributed by atoms with Crippen molar-refractivity contribution in [2.75, 3.05) is 5.88 Å². The molecule has 11 aliphatic rings. The van der Waals surface area contributed by atoms with Crippen LogP contribution in [0.5, 0.6) is 0 Å². The zero-order chi connectivity index (χ0) is 44.7. The summed E-state index contributed by atoms with van der Waals surface area (Å²) in [5.74, 6) is -0.321. The molecule has 15 heteroatoms. The Balaban J connectivity index is 0.776. The molecule has 0 aliphatic carbocycles. The number of esters is 1. The summed E-state index contributed by atoms with van der Waals surface area (Å²) in [4.78, 5) is 24.4. The average Bonchev–Trinajstić information content (AvgIpc) is 3.43. The number of halogens is 1. The first-order chi connectivity index (χ1) is 30.4. The molecule has 11 rings (SSSR count). The highest BCUT2D eigenvalue weighted by Crippen LogP contribution is 2.55. The Morgan fingerprint density at radius 1 is 0.719 bits per heavy atom. The molecule has 14 nitrogen and oxygen atoms in total. The third kappa shape index (κ3) is 7.54. The first kappa shape index (κ1) is 44.9. The summed E-state index contributed by atoms with van der Waals surface area (Å²) in [6, 6.07) is 0. The number of Topliss-reactive ketones (excluding diaryl/α,β-unsaturated/α-hetero) is 1. The third-order valence-electron chi connectivity index (χ3n) is 17.7. The van der Waals surface area contributed by atoms with Gasteiger partial charge in [0.2, 0.25) is 0 Å². The lowest BCUT2D eigenvalue weighted by Gasteiger charge is -2.60. The van der Waals surface area contributed by atoms with Gasteiger partial charge >= 0.3 is 5.97 Å². The molecule has 1 N–H and O–H groups in total. The van der Waals surface area contributed by atoms with Gasteiger partial charge in [-0.25, -0.2) is 4.79 Å². The fourth-order valence-corrected chi connectivity index (χ4v) is 14.1. The lowest BCUT2D eigenvalue weighted by atomic mass is 9.72. The molecule has 356 valence electrons. The van der Waals surface area contributed by atoms with Gasteiger partial charge in [0.1, 0.15) is 29.7 Å². The standard InChI is InChI=1S/C49H69ClO14/c1-24-13-30-35(21-47(5)37(57-30)19-34-44(63-47)25(2)14-42(53)59-34)56-29-10-12-46(4)38(60-43(24)29)20-39-48(6,64-46)22-41-45(3,62-39)11-8-9-28-31(58-41)17-33-32(55-28)18-40-49(7,61-33)36(52)16-27(54-40)15-26(51)23-50/h8-9,14,24,27-41,43-44,52H,10-13,15-23H2,1-7H3. The molecule has 23 unspecified atom stereocenters. The van der Waals surface area contributed by atoms with Crippen LogP contribution in [0, 0.1) is 5.92 Å². The van der Waals surface area contributed by atoms with Gasteiger partial charge in [0, 0.05) is 57.4 Å². The number of aliphatic hydroxyl groups excluding tert-OH is 1. The largest absolute Gasteiger partial charge is 0.456 e. The van der Waals surface area contributed by atoms with Crippen molar-refractivity contribution in [1.29, 1.82) is 0 Å². The lowest BCUT2D eigenvalue weighted by molar-refractivity contribution is -0.356. The summed E-state index contributed by atoms with van der Waals surface area (Å²) in [5.41, 5.74) is -2.46. The van der Waals surface area contributed by atoms with Gasteiger partial charge in [-0.3, -0.25) is 4.79 Å². The van der Waals surface area contributed by atoms with Crippen molar-refractivity contribution < 1.29 is 66.8 Å². The van der Waals surface area contributed by atoms with Crippen molar-refractivity contribution in [1.82, 2.24) is 0 Å². The minimum absolute atomic E-state index is 0.0731. The van der Waals surface area contributed by atoms with Crippen molar-refractivity contribution in [2.24, 2.45) is 5.92 Å². The van der Waals surface area contributed by atoms with Gasteiger partial charge in [-0.05, 0) is 78.7 Å². The maximum atomic E-state index is 12.3. The molecular formula is C49H69ClO14. The third-order valence-corrected chi connectivity index (χ3v) is 18.0. The van der Waals surface area contributed by atoms with Crippen molar-refractivity contribution >= 4 is 23.4 Å². The number of hydrogen-bond acceptors (Lipinski definition) is 14. The normalized spacial score (nSPS) is 56.5. The van der Waals surface area contributed by atoms with E-state index in [1.165, 1.54) is 0 Å². The zero-order valence-corrected chi connectivity index (χ0v) is 39.2. The second-order valence-electron chi connectivity index (χ2n) is 22.6. The molecule has 0 aromatic carbocycles. The molecule has 0 saturated carbocycles. The quantitative estimate of drug-likeness (QED) is 0.215. The first-order valence-corrected chi connectivity index (χ1v) is 24.9. The van der Waals surface area contributed by atoms with E-state index in [1.54, 1.807) is 6.08 Å². The maximum Gasteiger partial charge on any atom is 0.331 e. The van der Waals surface area contributed by atoms with Gasteiger partial charge in [0.25, 0.3) is 0 Å². The van der Waals surface area contributed by atoms with Crippen molar-refractivity contribution in [2.45, 2.75) is 257 Å². The van der Waals surface area contributed by atoms with E-state index in [0.29, 0.717) is 51.4 Å². The highest BCUT2D eigenvalue weighted by atomic mass is 35.5. The molecule has 0 radical (unpaired) electrons. The average molecular weight is 918 g/mol. The number of ether oxygens (including phenoxy) is 11. The Morgan fingerprint density at radius 2 is 1.48 bits per heavy atom. The monoisotopic (exact) mass is 916 g/mol. The van der Waals surface area contributed by atoms with Gasteiger partial charge in [-0.2, -0.15) is 0 Å². The van der Waals surface area contributed by atoms with Crippen LogP contribution in [0.3, 0.4) is 0 Å². The molecule has 11 heterocycles. The summed E-state index contributed by atoms with van der Waals surface area (Å²) in [5, 5.41) is 11.4. The molecule has 11 aliphatic heterocycles. The number of rotatable bonds is 3. The molecule has 0 spiro atoms. The smallest absolute Gasteiger partial charge is 0.331 e. The van der Waals surface area contributed by atoms with Crippen LogP contribution in [0.4, 0.5) is 0 Å². The molecule has 9 saturated heterocycles. The van der Waals surface area contributed by atoms with Crippen LogP contribution in [0.2, 0.25) is 0 Å². The molecule has 9 fully saturated rings. The van der Waals surface area contributed by atoms with E-state index >= 15 is 0 Å². The van der Waals surface area contributed by atoms with E-state index in [0.717, 1.165) is 24.8 Å². The highest BCUT2D eigenvalue weighted by molar-refractivity contribution is 6.27. The van der Waals surface area contributed by atoms with Crippen LogP contribution in [0.25, 0.3) is 0 Å². The fourth-order valence-electron chi connectivity index (χ4n) is 14.0. The van der Waals surface area contributed by atoms with E-state index in [9.17, 15) is 14.7 Å². The van der Waals surface area contributed by atoms with Gasteiger partial charge in [-0.1, -0.05) is 19.1 Å². The van der Waals surface area contributed by atoms with Gasteiger partial charge in [0.05, 0.1) is 114 Å². The van der Waals surface area contributed by atoms with Crippen LogP contribution in [0.15, 0.2) is 23.8 Å². The van der Waals surface area contributed by atoms with E-state index in [2.05, 4.69) is 46.8 Å². The summed E-state index contributed by atoms with van der Waals surface area (Å²) < 4.78 is 75.5. The van der Waals surface area contributed by atoms with E-state index < -0.39 is 46.3 Å². The number of hydrogen-bond donors (Lipinski definition) is 1. The Labute approximate surface area is 381 Å². The lowest BCUT2D eigenvalue weighted by Crippen LogP contribution is -2.70. The van der Waals surface area contributed by atoms with Crippen LogP contribution < -0.4 is 0 Å². The van der Waals surface area contributed by atoms with Crippen LogP contribution in [-0.4, -0.2) is 155 Å². The number of carbonyl (C=O) groups is 2. The summed E-state index contributed by atoms with van der Waals surface area (Å²) >= 11 is 5.80. The van der Waals surface area contributed by atoms with Crippen molar-refractivity contribution in [3.63, 3.8) is 0 Å². The molecular weight excluding hydrogens is 848 g/mol. The van der Waals surface area contributed by atoms with Crippen molar-refractivity contribution in [3.8, 4) is 0 Å². The topological polar surface area (TPSA) is 156 Å². The van der Waals surface area contributed by atoms with E-state index in [1.807, 2.05) is 13.8 Å². The molecule has 0 aromatic heterocycles. The molecule has 0 aromatic rings. The SMILES string of the molecule is CC1=CC(=O)OC2CC3OC4CC(C)C5OC6CC7OC8(C)CC=CC9OC%10CC%11OC(CC(=O)CCl)CC(O)C%11(C)OC%10CC9OC8CC7(C)OC6(C)CCC5OC4CC3(C)OC12. The van der Waals surface area contributed by atoms with E-state index in [4.69, 9.17) is 63.7 Å². The van der Waals surface area contributed by atoms with Gasteiger partial charge in [-0.15, -0.1) is 11.6 Å². The minimum Gasteiger partial charge on any atom is -0.456 e. The van der Waals surface area contributed by atoms with Gasteiger partial charge < -0.3 is 57.2 Å². The second kappa shape index (κ2) is 16.0. The summed E-state index contributed by atoms with van der Waals surface area (Å²) in [7, 11) is 0. The minimum atomic E-state index is -0.938. The number of carbonyl (C=O) groups excluding carboxylic acids is 2. The van der Waals surface area contributed by atoms with Crippen molar-refractivity contribution in [3.05, 3.63) is 23.8 Å². The number of alkyl halides is 1. The summed E-state index contributed by atoms with van der Waals surface area (Å²) in [6.45, 7) is 14.8. The Bertz CT molecular complexity index is 1910. The Hall–Kier alpha value is -1.53. The van der Waals surface area contributed by atoms with Gasteiger partial charge in [0.15, 0.2) is 0 Å². The second-order valence-corrected chi connectivity index (χ2v) is 22.8. The fraction of sp³-hybridized carbons (Fsp3) is 0.878. The van der Waals surface area contributed by atoms with Crippen LogP contribution >= 0.6 is 11.6 Å². The van der Waals surface area contributed by atoms with Crippen LogP contribution in [0.1, 0.15) is 126 Å². The number of aliphatic hydroxyl groups is 1. The maximum absolute atomic E-state index is 12.3. The zero-order valence-electron chi connectivity index (χ0n) is 38.4. The predicted octanol–water partition coefficient (Wildman–Crippen LogP) is 5.52. The number of fused-ring (bicyclic) bond motifs is 10. The molecule has 64 heavy (non-hydrogen) atoms. The molecule has 23 atom stereocenters. The van der Waals surface area contributed by atoms with Crippen LogP contribution in [-0.2, 0) is 61.7 Å². The Morgan fingerprint density at radius 3 is 2.30 bits per heavy atom. The number of ketones is 1. The summed E-state index contributed by atoms with van der Waals surface area (Å²) in [6.07, 6.45) is 8.22. The highest BCUT2D eigenvalue weighted by Gasteiger charge is 2.64. The predicted molar refractivity (Wildman–Crippen MR) is 229 cm³/mol. The first-order valence-electron chi connectivity index (χ1n) is 24.3. The molecule has 0 amide bonds. The molecule has 0 bridgehead atoms. The Kier molecular flexibility index (Phi) is 11.2. The van der Waals surface area contributed by atoms with E-state index in [-0.39, 0.29) is 115 Å².